The van der Waals surface area contributed by atoms with Crippen LogP contribution in [0.3, 0.4) is 0 Å². The first-order valence-corrected chi connectivity index (χ1v) is 10.1. The fourth-order valence-electron chi connectivity index (χ4n) is 3.48. The highest BCUT2D eigenvalue weighted by Crippen LogP contribution is 2.18. The van der Waals surface area contributed by atoms with Crippen LogP contribution in [0.5, 0.6) is 5.75 Å². The summed E-state index contributed by atoms with van der Waals surface area (Å²) in [5.41, 5.74) is 5.41. The van der Waals surface area contributed by atoms with E-state index in [9.17, 15) is 9.59 Å². The Balaban J connectivity index is 1.81. The molecule has 0 saturated heterocycles. The van der Waals surface area contributed by atoms with Crippen LogP contribution < -0.4 is 21.4 Å². The normalized spacial score (nSPS) is 11.7. The van der Waals surface area contributed by atoms with Crippen molar-refractivity contribution in [3.05, 3.63) is 86.6 Å². The lowest BCUT2D eigenvalue weighted by molar-refractivity contribution is 0.415. The Morgan fingerprint density at radius 2 is 1.72 bits per heavy atom. The maximum Gasteiger partial charge on any atom is 0.332 e. The molecule has 4 rings (SSSR count). The number of imidazole rings is 1. The summed E-state index contributed by atoms with van der Waals surface area (Å²) >= 11 is 0. The number of rotatable bonds is 6. The molecular weight excluding hydrogens is 408 g/mol. The summed E-state index contributed by atoms with van der Waals surface area (Å²) in [6.45, 7) is 2.26. The number of aryl methyl sites for hydroxylation is 1. The third-order valence-corrected chi connectivity index (χ3v) is 5.36. The van der Waals surface area contributed by atoms with Crippen molar-refractivity contribution in [3.8, 4) is 5.75 Å². The Morgan fingerprint density at radius 3 is 2.38 bits per heavy atom. The minimum atomic E-state index is -0.434. The monoisotopic (exact) mass is 432 g/mol. The van der Waals surface area contributed by atoms with E-state index in [4.69, 9.17) is 4.74 Å². The molecule has 0 aliphatic carbocycles. The van der Waals surface area contributed by atoms with Gasteiger partial charge in [0.1, 0.15) is 5.75 Å². The highest BCUT2D eigenvalue weighted by atomic mass is 16.5. The summed E-state index contributed by atoms with van der Waals surface area (Å²) in [4.78, 5) is 29.9. The molecule has 9 heteroatoms. The molecular formula is C23H24N6O3. The Bertz CT molecular complexity index is 1410. The molecule has 0 aliphatic rings. The Hall–Kier alpha value is -4.14. The minimum absolute atomic E-state index is 0.300. The predicted octanol–water partition coefficient (Wildman–Crippen LogP) is 2.33. The number of aromatic nitrogens is 4. The summed E-state index contributed by atoms with van der Waals surface area (Å²) in [6, 6.07) is 17.3. The van der Waals surface area contributed by atoms with Crippen LogP contribution in [-0.2, 0) is 20.6 Å². The maximum absolute atomic E-state index is 13.0. The first-order valence-electron chi connectivity index (χ1n) is 10.1. The van der Waals surface area contributed by atoms with Gasteiger partial charge in [-0.05, 0) is 42.3 Å². The summed E-state index contributed by atoms with van der Waals surface area (Å²) in [6.07, 6.45) is 0. The number of fused-ring (bicyclic) bond motifs is 1. The Kier molecular flexibility index (Phi) is 5.63. The van der Waals surface area contributed by atoms with Crippen molar-refractivity contribution < 1.29 is 4.74 Å². The van der Waals surface area contributed by atoms with Gasteiger partial charge < -0.3 is 4.74 Å². The second-order valence-corrected chi connectivity index (χ2v) is 7.42. The van der Waals surface area contributed by atoms with Crippen molar-refractivity contribution in [2.75, 3.05) is 12.5 Å². The van der Waals surface area contributed by atoms with E-state index in [1.165, 1.54) is 11.6 Å². The number of nitrogens with zero attached hydrogens (tertiary/aromatic N) is 5. The molecule has 0 spiro atoms. The first kappa shape index (κ1) is 21.1. The van der Waals surface area contributed by atoms with Gasteiger partial charge in [0.25, 0.3) is 5.56 Å². The SMILES string of the molecule is COc1ccc(/C(C)=N\Nc2nc3c(c(=O)n(C)c(=O)n3C)n2Cc2ccccc2)cc1. The van der Waals surface area contributed by atoms with Gasteiger partial charge in [0.15, 0.2) is 11.2 Å². The molecule has 1 N–H and O–H groups in total. The van der Waals surface area contributed by atoms with Crippen LogP contribution in [0.4, 0.5) is 5.95 Å². The molecule has 0 saturated carbocycles. The van der Waals surface area contributed by atoms with Crippen molar-refractivity contribution in [2.24, 2.45) is 19.2 Å². The molecule has 9 nitrogen and oxygen atoms in total. The van der Waals surface area contributed by atoms with Gasteiger partial charge in [0, 0.05) is 14.1 Å². The lowest BCUT2D eigenvalue weighted by atomic mass is 10.1. The molecule has 0 aliphatic heterocycles. The second-order valence-electron chi connectivity index (χ2n) is 7.42. The van der Waals surface area contributed by atoms with Gasteiger partial charge in [0.2, 0.25) is 5.95 Å². The highest BCUT2D eigenvalue weighted by molar-refractivity contribution is 5.99. The van der Waals surface area contributed by atoms with Crippen molar-refractivity contribution in [3.63, 3.8) is 0 Å². The molecule has 2 heterocycles. The van der Waals surface area contributed by atoms with Crippen LogP contribution in [0.1, 0.15) is 18.1 Å². The molecule has 2 aromatic carbocycles. The van der Waals surface area contributed by atoms with Crippen LogP contribution in [0.2, 0.25) is 0 Å². The van der Waals surface area contributed by atoms with Crippen LogP contribution in [0, 0.1) is 0 Å². The fraction of sp³-hybridized carbons (Fsp3) is 0.217. The largest absolute Gasteiger partial charge is 0.497 e. The van der Waals surface area contributed by atoms with Gasteiger partial charge in [-0.25, -0.2) is 10.2 Å². The van der Waals surface area contributed by atoms with Gasteiger partial charge in [-0.15, -0.1) is 0 Å². The zero-order chi connectivity index (χ0) is 22.8. The van der Waals surface area contributed by atoms with Crippen LogP contribution >= 0.6 is 0 Å². The molecule has 164 valence electrons. The number of hydrogen-bond donors (Lipinski definition) is 1. The number of ether oxygens (including phenoxy) is 1. The third kappa shape index (κ3) is 3.80. The van der Waals surface area contributed by atoms with Gasteiger partial charge in [-0.2, -0.15) is 10.1 Å². The van der Waals surface area contributed by atoms with Crippen LogP contribution in [-0.4, -0.2) is 31.5 Å². The summed E-state index contributed by atoms with van der Waals surface area (Å²) in [5.74, 6) is 1.13. The van der Waals surface area contributed by atoms with Gasteiger partial charge in [-0.1, -0.05) is 30.3 Å². The molecule has 32 heavy (non-hydrogen) atoms. The predicted molar refractivity (Wildman–Crippen MR) is 125 cm³/mol. The molecule has 4 aromatic rings. The summed E-state index contributed by atoms with van der Waals surface area (Å²) in [7, 11) is 4.68. The Morgan fingerprint density at radius 1 is 1.03 bits per heavy atom. The number of benzene rings is 2. The highest BCUT2D eigenvalue weighted by Gasteiger charge is 2.19. The number of nitrogens with one attached hydrogen (secondary N) is 1. The molecule has 0 fully saturated rings. The van der Waals surface area contributed by atoms with Gasteiger partial charge in [0.05, 0.1) is 19.4 Å². The van der Waals surface area contributed by atoms with Crippen molar-refractivity contribution in [1.82, 2.24) is 18.7 Å². The van der Waals surface area contributed by atoms with E-state index in [1.54, 1.807) is 18.7 Å². The maximum atomic E-state index is 13.0. The van der Waals surface area contributed by atoms with Crippen molar-refractivity contribution in [2.45, 2.75) is 13.5 Å². The van der Waals surface area contributed by atoms with Crippen molar-refractivity contribution in [1.29, 1.82) is 0 Å². The average Bonchev–Trinajstić information content (AvgIpc) is 3.18. The van der Waals surface area contributed by atoms with Crippen LogP contribution in [0.25, 0.3) is 11.2 Å². The van der Waals surface area contributed by atoms with E-state index in [0.717, 1.165) is 27.2 Å². The van der Waals surface area contributed by atoms with E-state index in [2.05, 4.69) is 15.5 Å². The molecule has 0 amide bonds. The van der Waals surface area contributed by atoms with E-state index < -0.39 is 11.2 Å². The Labute approximate surface area is 184 Å². The molecule has 0 atom stereocenters. The average molecular weight is 432 g/mol. The quantitative estimate of drug-likeness (QED) is 0.373. The third-order valence-electron chi connectivity index (χ3n) is 5.36. The summed E-state index contributed by atoms with van der Waals surface area (Å²) < 4.78 is 9.39. The fourth-order valence-corrected chi connectivity index (χ4v) is 3.48. The van der Waals surface area contributed by atoms with Gasteiger partial charge in [-0.3, -0.25) is 18.5 Å². The second kappa shape index (κ2) is 8.54. The standard InChI is InChI=1S/C23H24N6O3/c1-15(17-10-12-18(32-4)13-11-17)25-26-22-24-20-19(21(30)28(3)23(31)27(20)2)29(22)14-16-8-6-5-7-9-16/h5-13H,14H2,1-4H3,(H,24,26)/b25-15-. The van der Waals surface area contributed by atoms with Crippen molar-refractivity contribution >= 4 is 22.8 Å². The summed E-state index contributed by atoms with van der Waals surface area (Å²) in [5, 5.41) is 4.47. The molecule has 0 bridgehead atoms. The minimum Gasteiger partial charge on any atom is -0.497 e. The van der Waals surface area contributed by atoms with Crippen LogP contribution in [0.15, 0.2) is 69.3 Å². The molecule has 2 aromatic heterocycles. The lowest BCUT2D eigenvalue weighted by Crippen LogP contribution is -2.37. The van der Waals surface area contributed by atoms with E-state index in [0.29, 0.717) is 23.7 Å². The van der Waals surface area contributed by atoms with E-state index >= 15 is 0 Å². The smallest absolute Gasteiger partial charge is 0.332 e. The van der Waals surface area contributed by atoms with E-state index in [-0.39, 0.29) is 0 Å². The number of hydrazone groups is 1. The number of hydrogen-bond acceptors (Lipinski definition) is 6. The number of anilines is 1. The lowest BCUT2D eigenvalue weighted by Gasteiger charge is -2.10. The van der Waals surface area contributed by atoms with E-state index in [1.807, 2.05) is 61.5 Å². The molecule has 0 radical (unpaired) electrons. The van der Waals surface area contributed by atoms with Gasteiger partial charge >= 0.3 is 5.69 Å². The first-order chi connectivity index (χ1) is 15.4. The number of methoxy groups -OCH3 is 1. The molecule has 0 unspecified atom stereocenters. The zero-order valence-electron chi connectivity index (χ0n) is 18.4. The topological polar surface area (TPSA) is 95.4 Å². The zero-order valence-corrected chi connectivity index (χ0v) is 18.4.